The molecule has 0 bridgehead atoms. The van der Waals surface area contributed by atoms with Crippen LogP contribution in [0, 0.1) is 6.92 Å². The number of carbonyl (C=O) groups is 2. The Morgan fingerprint density at radius 3 is 2.55 bits per heavy atom. The smallest absolute Gasteiger partial charge is 0.411 e. The molecule has 0 radical (unpaired) electrons. The summed E-state index contributed by atoms with van der Waals surface area (Å²) in [6.07, 6.45) is 2.90. The van der Waals surface area contributed by atoms with Gasteiger partial charge in [-0.15, -0.1) is 0 Å². The number of morpholine rings is 1. The van der Waals surface area contributed by atoms with Crippen LogP contribution in [0.4, 0.5) is 21.0 Å². The number of ether oxygens (including phenoxy) is 2. The molecule has 0 unspecified atom stereocenters. The lowest BCUT2D eigenvalue weighted by Gasteiger charge is -2.28. The molecule has 0 saturated carbocycles. The van der Waals surface area contributed by atoms with Crippen LogP contribution >= 0.6 is 0 Å². The van der Waals surface area contributed by atoms with Crippen molar-refractivity contribution in [2.45, 2.75) is 13.5 Å². The van der Waals surface area contributed by atoms with Crippen molar-refractivity contribution < 1.29 is 19.1 Å². The molecule has 1 aliphatic heterocycles. The van der Waals surface area contributed by atoms with Gasteiger partial charge in [-0.3, -0.25) is 14.9 Å². The number of amides is 2. The van der Waals surface area contributed by atoms with Crippen LogP contribution in [0.1, 0.15) is 11.1 Å². The molecule has 3 heterocycles. The molecule has 3 aromatic carbocycles. The highest BCUT2D eigenvalue weighted by atomic mass is 16.5. The second kappa shape index (κ2) is 10.7. The maximum Gasteiger partial charge on any atom is 0.411 e. The Morgan fingerprint density at radius 1 is 0.975 bits per heavy atom. The SMILES string of the molecule is Cc1c(NC(=O)OCc2ccccc2)cccc1-c1cncc2c1c1ccc(N3CCOCC3)cc1n2C(N)=O. The van der Waals surface area contributed by atoms with Crippen molar-refractivity contribution in [1.82, 2.24) is 9.55 Å². The molecule has 3 N–H and O–H groups in total. The number of nitrogens with one attached hydrogen (secondary N) is 1. The number of hydrogen-bond donors (Lipinski definition) is 2. The maximum atomic E-state index is 12.7. The van der Waals surface area contributed by atoms with Gasteiger partial charge < -0.3 is 20.1 Å². The highest BCUT2D eigenvalue weighted by Gasteiger charge is 2.21. The van der Waals surface area contributed by atoms with Crippen molar-refractivity contribution in [2.24, 2.45) is 5.73 Å². The number of anilines is 2. The van der Waals surface area contributed by atoms with E-state index in [1.807, 2.05) is 67.6 Å². The standard InChI is InChI=1S/C31H29N5O4/c1-20-23(8-5-9-26(20)34-31(38)40-19-21-6-3-2-4-7-21)25-17-33-18-28-29(25)24-11-10-22(35-12-14-39-15-13-35)16-27(24)36(28)30(32)37/h2-11,16-18H,12-15,19H2,1H3,(H2,32,37)(H,34,38). The largest absolute Gasteiger partial charge is 0.444 e. The zero-order valence-electron chi connectivity index (χ0n) is 22.1. The van der Waals surface area contributed by atoms with Crippen molar-refractivity contribution >= 4 is 45.3 Å². The summed E-state index contributed by atoms with van der Waals surface area (Å²) in [4.78, 5) is 32.0. The van der Waals surface area contributed by atoms with Gasteiger partial charge >= 0.3 is 12.1 Å². The summed E-state index contributed by atoms with van der Waals surface area (Å²) in [5.74, 6) is 0. The minimum atomic E-state index is -0.577. The van der Waals surface area contributed by atoms with Gasteiger partial charge in [-0.2, -0.15) is 0 Å². The number of carbonyl (C=O) groups excluding carboxylic acids is 2. The highest BCUT2D eigenvalue weighted by Crippen LogP contribution is 2.39. The number of benzene rings is 3. The Kier molecular flexibility index (Phi) is 6.79. The number of nitrogens with two attached hydrogens (primary N) is 1. The lowest BCUT2D eigenvalue weighted by Crippen LogP contribution is -2.36. The van der Waals surface area contributed by atoms with Gasteiger partial charge in [0.2, 0.25) is 0 Å². The van der Waals surface area contributed by atoms with Crippen molar-refractivity contribution in [3.63, 3.8) is 0 Å². The predicted octanol–water partition coefficient (Wildman–Crippen LogP) is 5.68. The fourth-order valence-electron chi connectivity index (χ4n) is 5.34. The summed E-state index contributed by atoms with van der Waals surface area (Å²) in [7, 11) is 0. The Bertz CT molecular complexity index is 1720. The first kappa shape index (κ1) is 25.4. The lowest BCUT2D eigenvalue weighted by atomic mass is 9.96. The minimum Gasteiger partial charge on any atom is -0.444 e. The molecule has 0 atom stereocenters. The van der Waals surface area contributed by atoms with Gasteiger partial charge in [-0.25, -0.2) is 9.59 Å². The van der Waals surface area contributed by atoms with Crippen molar-refractivity contribution in [1.29, 1.82) is 0 Å². The number of aromatic nitrogens is 2. The molecule has 40 heavy (non-hydrogen) atoms. The molecule has 5 aromatic rings. The monoisotopic (exact) mass is 535 g/mol. The van der Waals surface area contributed by atoms with Crippen molar-refractivity contribution in [3.8, 4) is 11.1 Å². The molecule has 1 saturated heterocycles. The number of primary amides is 1. The number of rotatable bonds is 5. The molecule has 1 aliphatic rings. The first-order valence-electron chi connectivity index (χ1n) is 13.1. The van der Waals surface area contributed by atoms with E-state index in [4.69, 9.17) is 15.2 Å². The lowest BCUT2D eigenvalue weighted by molar-refractivity contribution is 0.122. The van der Waals surface area contributed by atoms with Crippen LogP contribution in [0.2, 0.25) is 0 Å². The summed E-state index contributed by atoms with van der Waals surface area (Å²) < 4.78 is 12.4. The third kappa shape index (κ3) is 4.71. The fraction of sp³-hybridized carbons (Fsp3) is 0.194. The van der Waals surface area contributed by atoms with Crippen molar-refractivity contribution in [2.75, 3.05) is 36.5 Å². The summed E-state index contributed by atoms with van der Waals surface area (Å²) in [5.41, 5.74) is 12.3. The summed E-state index contributed by atoms with van der Waals surface area (Å²) in [5, 5.41) is 4.62. The van der Waals surface area contributed by atoms with Crippen LogP contribution in [-0.4, -0.2) is 48.0 Å². The van der Waals surface area contributed by atoms with Crippen LogP contribution in [0.3, 0.4) is 0 Å². The molecule has 0 spiro atoms. The van der Waals surface area contributed by atoms with Gasteiger partial charge in [-0.1, -0.05) is 48.5 Å². The Balaban J connectivity index is 1.39. The van der Waals surface area contributed by atoms with Crippen LogP contribution in [0.25, 0.3) is 32.9 Å². The Hall–Kier alpha value is -4.89. The van der Waals surface area contributed by atoms with Crippen LogP contribution in [0.5, 0.6) is 0 Å². The van der Waals surface area contributed by atoms with Gasteiger partial charge in [0.1, 0.15) is 6.61 Å². The van der Waals surface area contributed by atoms with Gasteiger partial charge in [0, 0.05) is 47.0 Å². The third-order valence-electron chi connectivity index (χ3n) is 7.33. The van der Waals surface area contributed by atoms with E-state index >= 15 is 0 Å². The van der Waals surface area contributed by atoms with E-state index in [0.717, 1.165) is 57.3 Å². The van der Waals surface area contributed by atoms with Crippen LogP contribution < -0.4 is 16.0 Å². The van der Waals surface area contributed by atoms with Crippen molar-refractivity contribution in [3.05, 3.63) is 90.3 Å². The molecular formula is C31H29N5O4. The summed E-state index contributed by atoms with van der Waals surface area (Å²) >= 11 is 0. The van der Waals surface area contributed by atoms with Gasteiger partial charge in [0.25, 0.3) is 0 Å². The Morgan fingerprint density at radius 2 is 1.77 bits per heavy atom. The van der Waals surface area contributed by atoms with Gasteiger partial charge in [-0.05, 0) is 41.8 Å². The minimum absolute atomic E-state index is 0.174. The van der Waals surface area contributed by atoms with Gasteiger partial charge in [0.15, 0.2) is 0 Å². The predicted molar refractivity (Wildman–Crippen MR) is 156 cm³/mol. The second-order valence-electron chi connectivity index (χ2n) is 9.72. The van der Waals surface area contributed by atoms with E-state index in [1.165, 1.54) is 4.57 Å². The fourth-order valence-corrected chi connectivity index (χ4v) is 5.34. The summed E-state index contributed by atoms with van der Waals surface area (Å²) in [6, 6.07) is 20.7. The van der Waals surface area contributed by atoms with E-state index < -0.39 is 12.1 Å². The molecule has 202 valence electrons. The van der Waals surface area contributed by atoms with Crippen LogP contribution in [-0.2, 0) is 16.1 Å². The van der Waals surface area contributed by atoms with E-state index in [0.29, 0.717) is 24.4 Å². The third-order valence-corrected chi connectivity index (χ3v) is 7.33. The van der Waals surface area contributed by atoms with E-state index in [9.17, 15) is 9.59 Å². The molecular weight excluding hydrogens is 506 g/mol. The number of fused-ring (bicyclic) bond motifs is 3. The molecule has 9 nitrogen and oxygen atoms in total. The number of nitrogens with zero attached hydrogens (tertiary/aromatic N) is 3. The van der Waals surface area contributed by atoms with Gasteiger partial charge in [0.05, 0.1) is 30.4 Å². The normalized spacial score (nSPS) is 13.5. The number of pyridine rings is 1. The average molecular weight is 536 g/mol. The molecule has 2 amide bonds. The van der Waals surface area contributed by atoms with E-state index in [1.54, 1.807) is 12.4 Å². The maximum absolute atomic E-state index is 12.7. The average Bonchev–Trinajstić information content (AvgIpc) is 3.32. The first-order chi connectivity index (χ1) is 19.5. The molecule has 9 heteroatoms. The zero-order valence-corrected chi connectivity index (χ0v) is 22.1. The van der Waals surface area contributed by atoms with Crippen LogP contribution in [0.15, 0.2) is 79.1 Å². The molecule has 0 aliphatic carbocycles. The summed E-state index contributed by atoms with van der Waals surface area (Å²) in [6.45, 7) is 4.99. The van der Waals surface area contributed by atoms with E-state index in [2.05, 4.69) is 21.3 Å². The first-order valence-corrected chi connectivity index (χ1v) is 13.1. The second-order valence-corrected chi connectivity index (χ2v) is 9.72. The topological polar surface area (TPSA) is 112 Å². The number of hydrogen-bond acceptors (Lipinski definition) is 6. The quantitative estimate of drug-likeness (QED) is 0.300. The Labute approximate surface area is 231 Å². The molecule has 6 rings (SSSR count). The molecule has 2 aromatic heterocycles. The highest BCUT2D eigenvalue weighted by molar-refractivity contribution is 6.18. The molecule has 1 fully saturated rings. The van der Waals surface area contributed by atoms with E-state index in [-0.39, 0.29) is 6.61 Å². The zero-order chi connectivity index (χ0) is 27.6.